The highest BCUT2D eigenvalue weighted by Gasteiger charge is 2.49. The molecule has 5 nitrogen and oxygen atoms in total. The maximum Gasteiger partial charge on any atom is 0.229 e. The number of benzene rings is 1. The van der Waals surface area contributed by atoms with Gasteiger partial charge in [-0.15, -0.1) is 0 Å². The van der Waals surface area contributed by atoms with E-state index in [2.05, 4.69) is 10.6 Å². The largest absolute Gasteiger partial charge is 0.327 e. The minimum Gasteiger partial charge on any atom is -0.327 e. The average molecular weight is 322 g/mol. The number of hydrogen-bond donors (Lipinski definition) is 3. The molecule has 2 aliphatic rings. The molecule has 22 heavy (non-hydrogen) atoms. The van der Waals surface area contributed by atoms with Gasteiger partial charge in [-0.25, -0.2) is 0 Å². The van der Waals surface area contributed by atoms with Crippen molar-refractivity contribution in [1.29, 1.82) is 0 Å². The van der Waals surface area contributed by atoms with E-state index in [1.807, 2.05) is 0 Å². The third-order valence-electron chi connectivity index (χ3n) is 4.83. The monoisotopic (exact) mass is 321 g/mol. The highest BCUT2D eigenvalue weighted by atomic mass is 35.5. The Kier molecular flexibility index (Phi) is 4.10. The van der Waals surface area contributed by atoms with Crippen LogP contribution in [0.2, 0.25) is 5.02 Å². The van der Waals surface area contributed by atoms with Gasteiger partial charge in [-0.3, -0.25) is 9.59 Å². The van der Waals surface area contributed by atoms with Crippen molar-refractivity contribution in [2.75, 3.05) is 10.6 Å². The molecule has 1 aromatic rings. The summed E-state index contributed by atoms with van der Waals surface area (Å²) in [6, 6.07) is 4.96. The molecule has 1 aromatic carbocycles. The molecule has 2 amide bonds. The van der Waals surface area contributed by atoms with Crippen LogP contribution in [0.4, 0.5) is 11.4 Å². The molecule has 0 aromatic heterocycles. The van der Waals surface area contributed by atoms with Gasteiger partial charge in [0.2, 0.25) is 11.8 Å². The molecule has 2 aliphatic carbocycles. The van der Waals surface area contributed by atoms with Gasteiger partial charge in [-0.05, 0) is 49.3 Å². The lowest BCUT2D eigenvalue weighted by atomic mass is 9.84. The summed E-state index contributed by atoms with van der Waals surface area (Å²) in [7, 11) is 0. The minimum absolute atomic E-state index is 0.0592. The van der Waals surface area contributed by atoms with Gasteiger partial charge in [-0.2, -0.15) is 0 Å². The lowest BCUT2D eigenvalue weighted by molar-refractivity contribution is -0.121. The lowest BCUT2D eigenvalue weighted by Crippen LogP contribution is -2.42. The van der Waals surface area contributed by atoms with Gasteiger partial charge in [0.15, 0.2) is 0 Å². The molecule has 3 rings (SSSR count). The first kappa shape index (κ1) is 15.3. The molecule has 2 bridgehead atoms. The fourth-order valence-corrected chi connectivity index (χ4v) is 4.01. The van der Waals surface area contributed by atoms with Crippen LogP contribution >= 0.6 is 11.6 Å². The van der Waals surface area contributed by atoms with Crippen molar-refractivity contribution in [2.45, 2.75) is 32.2 Å². The fourth-order valence-electron chi connectivity index (χ4n) is 3.84. The number of anilines is 2. The molecule has 4 unspecified atom stereocenters. The molecule has 0 saturated heterocycles. The standard InChI is InChI=1S/C16H20ClN3O2/c1-8(21)19-11-4-5-12(17)13(7-11)20-16(22)14-9-2-3-10(6-9)15(14)18/h4-5,7,9-10,14-15H,2-3,6,18H2,1H3,(H,19,21)(H,20,22). The number of halogens is 1. The number of fused-ring (bicyclic) bond motifs is 2. The fraction of sp³-hybridized carbons (Fsp3) is 0.500. The molecule has 4 atom stereocenters. The summed E-state index contributed by atoms with van der Waals surface area (Å²) in [5.74, 6) is 0.481. The van der Waals surface area contributed by atoms with Crippen molar-refractivity contribution in [3.63, 3.8) is 0 Å². The minimum atomic E-state index is -0.172. The predicted octanol–water partition coefficient (Wildman–Crippen LogP) is 2.61. The van der Waals surface area contributed by atoms with Gasteiger partial charge in [0.1, 0.15) is 0 Å². The number of amides is 2. The van der Waals surface area contributed by atoms with Crippen LogP contribution < -0.4 is 16.4 Å². The van der Waals surface area contributed by atoms with Crippen molar-refractivity contribution in [2.24, 2.45) is 23.5 Å². The molecule has 2 fully saturated rings. The Labute approximate surface area is 134 Å². The molecule has 0 radical (unpaired) electrons. The van der Waals surface area contributed by atoms with E-state index in [1.54, 1.807) is 18.2 Å². The Morgan fingerprint density at radius 2 is 1.95 bits per heavy atom. The molecule has 0 spiro atoms. The first-order chi connectivity index (χ1) is 10.5. The van der Waals surface area contributed by atoms with Crippen molar-refractivity contribution >= 4 is 34.8 Å². The first-order valence-corrected chi connectivity index (χ1v) is 7.97. The van der Waals surface area contributed by atoms with Crippen LogP contribution in [0, 0.1) is 17.8 Å². The molecular weight excluding hydrogens is 302 g/mol. The Bertz CT molecular complexity index is 617. The van der Waals surface area contributed by atoms with Crippen molar-refractivity contribution in [1.82, 2.24) is 0 Å². The summed E-state index contributed by atoms with van der Waals surface area (Å²) in [6.45, 7) is 1.43. The molecule has 0 aliphatic heterocycles. The third-order valence-corrected chi connectivity index (χ3v) is 5.16. The van der Waals surface area contributed by atoms with Crippen molar-refractivity contribution in [3.8, 4) is 0 Å². The van der Waals surface area contributed by atoms with Gasteiger partial charge >= 0.3 is 0 Å². The smallest absolute Gasteiger partial charge is 0.229 e. The Morgan fingerprint density at radius 3 is 2.59 bits per heavy atom. The quantitative estimate of drug-likeness (QED) is 0.800. The van der Waals surface area contributed by atoms with Crippen LogP contribution in [0.15, 0.2) is 18.2 Å². The van der Waals surface area contributed by atoms with Gasteiger partial charge in [0, 0.05) is 18.7 Å². The second-order valence-electron chi connectivity index (χ2n) is 6.30. The third kappa shape index (κ3) is 2.83. The predicted molar refractivity (Wildman–Crippen MR) is 86.7 cm³/mol. The van der Waals surface area contributed by atoms with Crippen molar-refractivity contribution in [3.05, 3.63) is 23.2 Å². The molecule has 0 heterocycles. The normalized spacial score (nSPS) is 29.4. The Hall–Kier alpha value is -1.59. The average Bonchev–Trinajstić information content (AvgIpc) is 3.02. The van der Waals surface area contributed by atoms with Crippen LogP contribution in [-0.2, 0) is 9.59 Å². The zero-order chi connectivity index (χ0) is 15.9. The van der Waals surface area contributed by atoms with E-state index >= 15 is 0 Å². The van der Waals surface area contributed by atoms with E-state index < -0.39 is 0 Å². The zero-order valence-corrected chi connectivity index (χ0v) is 13.2. The number of carbonyl (C=O) groups excluding carboxylic acids is 2. The molecular formula is C16H20ClN3O2. The number of carbonyl (C=O) groups is 2. The van der Waals surface area contributed by atoms with E-state index in [9.17, 15) is 9.59 Å². The molecule has 6 heteroatoms. The van der Waals surface area contributed by atoms with E-state index in [0.717, 1.165) is 19.3 Å². The number of hydrogen-bond acceptors (Lipinski definition) is 3. The van der Waals surface area contributed by atoms with E-state index in [4.69, 9.17) is 17.3 Å². The zero-order valence-electron chi connectivity index (χ0n) is 12.4. The van der Waals surface area contributed by atoms with Gasteiger partial charge in [0.25, 0.3) is 0 Å². The van der Waals surface area contributed by atoms with Crippen molar-refractivity contribution < 1.29 is 9.59 Å². The number of nitrogens with two attached hydrogens (primary N) is 1. The number of rotatable bonds is 3. The lowest BCUT2D eigenvalue weighted by Gasteiger charge is -2.27. The molecule has 2 saturated carbocycles. The summed E-state index contributed by atoms with van der Waals surface area (Å²) >= 11 is 6.14. The summed E-state index contributed by atoms with van der Waals surface area (Å²) in [5, 5.41) is 6.00. The Balaban J connectivity index is 1.75. The molecule has 4 N–H and O–H groups in total. The van der Waals surface area contributed by atoms with Crippen LogP contribution in [0.1, 0.15) is 26.2 Å². The van der Waals surface area contributed by atoms with Crippen LogP contribution in [0.25, 0.3) is 0 Å². The van der Waals surface area contributed by atoms with E-state index in [0.29, 0.717) is 28.2 Å². The van der Waals surface area contributed by atoms with Crippen LogP contribution in [0.5, 0.6) is 0 Å². The van der Waals surface area contributed by atoms with Crippen LogP contribution in [0.3, 0.4) is 0 Å². The topological polar surface area (TPSA) is 84.2 Å². The first-order valence-electron chi connectivity index (χ1n) is 7.59. The van der Waals surface area contributed by atoms with Gasteiger partial charge in [0.05, 0.1) is 16.6 Å². The van der Waals surface area contributed by atoms with E-state index in [1.165, 1.54) is 6.92 Å². The summed E-state index contributed by atoms with van der Waals surface area (Å²) in [4.78, 5) is 23.7. The van der Waals surface area contributed by atoms with Crippen LogP contribution in [-0.4, -0.2) is 17.9 Å². The van der Waals surface area contributed by atoms with Gasteiger partial charge < -0.3 is 16.4 Å². The maximum atomic E-state index is 12.6. The SMILES string of the molecule is CC(=O)Nc1ccc(Cl)c(NC(=O)C2C3CCC(C3)C2N)c1. The second-order valence-corrected chi connectivity index (χ2v) is 6.71. The summed E-state index contributed by atoms with van der Waals surface area (Å²) in [5.41, 5.74) is 7.31. The highest BCUT2D eigenvalue weighted by Crippen LogP contribution is 2.48. The maximum absolute atomic E-state index is 12.6. The second kappa shape index (κ2) is 5.89. The Morgan fingerprint density at radius 1 is 1.23 bits per heavy atom. The highest BCUT2D eigenvalue weighted by molar-refractivity contribution is 6.33. The summed E-state index contributed by atoms with van der Waals surface area (Å²) in [6.07, 6.45) is 3.27. The number of nitrogens with one attached hydrogen (secondary N) is 2. The van der Waals surface area contributed by atoms with Gasteiger partial charge in [-0.1, -0.05) is 11.6 Å². The molecule has 118 valence electrons. The van der Waals surface area contributed by atoms with E-state index in [-0.39, 0.29) is 23.8 Å². The summed E-state index contributed by atoms with van der Waals surface area (Å²) < 4.78 is 0.